The molecule has 1 amide bonds. The first-order valence-electron chi connectivity index (χ1n) is 8.22. The molecule has 0 saturated heterocycles. The van der Waals surface area contributed by atoms with E-state index in [4.69, 9.17) is 0 Å². The van der Waals surface area contributed by atoms with Crippen molar-refractivity contribution in [2.75, 3.05) is 6.61 Å². The number of rotatable bonds is 3. The first kappa shape index (κ1) is 13.4. The van der Waals surface area contributed by atoms with E-state index in [1.165, 1.54) is 44.9 Å². The minimum Gasteiger partial charge on any atom is -0.396 e. The minimum atomic E-state index is 0.225. The molecule has 0 aromatic heterocycles. The summed E-state index contributed by atoms with van der Waals surface area (Å²) in [5.41, 5.74) is 0. The Bertz CT molecular complexity index is 319. The number of carbonyl (C=O) groups excluding carboxylic acids is 1. The topological polar surface area (TPSA) is 49.3 Å². The van der Waals surface area contributed by atoms with Crippen molar-refractivity contribution in [1.29, 1.82) is 0 Å². The Labute approximate surface area is 116 Å². The van der Waals surface area contributed by atoms with E-state index >= 15 is 0 Å². The molecule has 2 N–H and O–H groups in total. The molecule has 0 spiro atoms. The van der Waals surface area contributed by atoms with Crippen molar-refractivity contribution in [2.45, 2.75) is 63.8 Å². The summed E-state index contributed by atoms with van der Waals surface area (Å²) in [4.78, 5) is 12.4. The van der Waals surface area contributed by atoms with Crippen LogP contribution in [0.25, 0.3) is 0 Å². The van der Waals surface area contributed by atoms with Gasteiger partial charge in [-0.3, -0.25) is 4.79 Å². The molecule has 3 heteroatoms. The van der Waals surface area contributed by atoms with Crippen LogP contribution in [-0.2, 0) is 4.79 Å². The summed E-state index contributed by atoms with van der Waals surface area (Å²) in [6, 6.07) is 0.225. The standard InChI is InChI=1S/C16H27NO2/c18-10-11-6-2-1-3-9-14(11)17-16(19)15-12-7-4-5-8-13(12)15/h11-15,18H,1-10H2,(H,17,19). The summed E-state index contributed by atoms with van der Waals surface area (Å²) in [7, 11) is 0. The monoisotopic (exact) mass is 265 g/mol. The predicted octanol–water partition coefficient (Wildman–Crippen LogP) is 2.48. The molecule has 0 heterocycles. The lowest BCUT2D eigenvalue weighted by Gasteiger charge is -2.24. The maximum Gasteiger partial charge on any atom is 0.223 e. The molecule has 0 bridgehead atoms. The van der Waals surface area contributed by atoms with Gasteiger partial charge in [-0.15, -0.1) is 0 Å². The van der Waals surface area contributed by atoms with E-state index in [9.17, 15) is 9.90 Å². The minimum absolute atomic E-state index is 0.225. The lowest BCUT2D eigenvalue weighted by Crippen LogP contribution is -2.42. The van der Waals surface area contributed by atoms with Gasteiger partial charge in [0.25, 0.3) is 0 Å². The Hall–Kier alpha value is -0.570. The van der Waals surface area contributed by atoms with Crippen LogP contribution in [0.5, 0.6) is 0 Å². The lowest BCUT2D eigenvalue weighted by molar-refractivity contribution is -0.124. The number of hydrogen-bond acceptors (Lipinski definition) is 2. The van der Waals surface area contributed by atoms with E-state index in [-0.39, 0.29) is 18.6 Å². The normalized spacial score (nSPS) is 42.1. The Morgan fingerprint density at radius 3 is 2.26 bits per heavy atom. The molecule has 4 atom stereocenters. The number of fused-ring (bicyclic) bond motifs is 1. The molecule has 3 aliphatic rings. The zero-order valence-electron chi connectivity index (χ0n) is 11.8. The Morgan fingerprint density at radius 2 is 1.58 bits per heavy atom. The highest BCUT2D eigenvalue weighted by molar-refractivity contribution is 5.82. The third-order valence-electron chi connectivity index (χ3n) is 5.68. The van der Waals surface area contributed by atoms with Gasteiger partial charge in [0, 0.05) is 24.5 Å². The summed E-state index contributed by atoms with van der Waals surface area (Å²) in [5.74, 6) is 2.26. The molecular weight excluding hydrogens is 238 g/mol. The molecule has 108 valence electrons. The van der Waals surface area contributed by atoms with Gasteiger partial charge in [0.2, 0.25) is 5.91 Å². The van der Waals surface area contributed by atoms with Crippen LogP contribution in [0, 0.1) is 23.7 Å². The number of aliphatic hydroxyl groups is 1. The van der Waals surface area contributed by atoms with E-state index in [0.717, 1.165) is 12.8 Å². The smallest absolute Gasteiger partial charge is 0.223 e. The van der Waals surface area contributed by atoms with Gasteiger partial charge < -0.3 is 10.4 Å². The molecule has 19 heavy (non-hydrogen) atoms. The predicted molar refractivity (Wildman–Crippen MR) is 74.5 cm³/mol. The molecule has 0 aromatic carbocycles. The average molecular weight is 265 g/mol. The van der Waals surface area contributed by atoms with Crippen LogP contribution in [0.1, 0.15) is 57.8 Å². The Balaban J connectivity index is 1.56. The fourth-order valence-corrected chi connectivity index (χ4v) is 4.45. The van der Waals surface area contributed by atoms with Gasteiger partial charge in [0.05, 0.1) is 0 Å². The summed E-state index contributed by atoms with van der Waals surface area (Å²) < 4.78 is 0. The van der Waals surface area contributed by atoms with Crippen LogP contribution in [0.2, 0.25) is 0 Å². The molecule has 3 nitrogen and oxygen atoms in total. The molecule has 4 unspecified atom stereocenters. The van der Waals surface area contributed by atoms with Crippen molar-refractivity contribution < 1.29 is 9.90 Å². The Morgan fingerprint density at radius 1 is 0.947 bits per heavy atom. The van der Waals surface area contributed by atoms with Crippen molar-refractivity contribution in [1.82, 2.24) is 5.32 Å². The van der Waals surface area contributed by atoms with Gasteiger partial charge in [-0.2, -0.15) is 0 Å². The summed E-state index contributed by atoms with van der Waals surface area (Å²) in [6.45, 7) is 0.225. The summed E-state index contributed by atoms with van der Waals surface area (Å²) in [6.07, 6.45) is 10.9. The van der Waals surface area contributed by atoms with Crippen molar-refractivity contribution in [2.24, 2.45) is 23.7 Å². The number of nitrogens with one attached hydrogen (secondary N) is 1. The fraction of sp³-hybridized carbons (Fsp3) is 0.938. The molecule has 3 aliphatic carbocycles. The van der Waals surface area contributed by atoms with Gasteiger partial charge in [-0.05, 0) is 37.5 Å². The van der Waals surface area contributed by atoms with Gasteiger partial charge in [-0.1, -0.05) is 32.1 Å². The van der Waals surface area contributed by atoms with Crippen molar-refractivity contribution in [3.05, 3.63) is 0 Å². The van der Waals surface area contributed by atoms with Crippen molar-refractivity contribution in [3.63, 3.8) is 0 Å². The largest absolute Gasteiger partial charge is 0.396 e. The molecule has 3 rings (SSSR count). The zero-order chi connectivity index (χ0) is 13.2. The first-order chi connectivity index (χ1) is 9.31. The molecule has 0 aromatic rings. The maximum atomic E-state index is 12.4. The van der Waals surface area contributed by atoms with Crippen LogP contribution in [-0.4, -0.2) is 23.7 Å². The van der Waals surface area contributed by atoms with Crippen LogP contribution in [0.15, 0.2) is 0 Å². The SMILES string of the molecule is O=C(NC1CCCCCC1CO)C1C2CCCCC21. The molecule has 3 saturated carbocycles. The van der Waals surface area contributed by atoms with Crippen molar-refractivity contribution >= 4 is 5.91 Å². The second kappa shape index (κ2) is 5.82. The van der Waals surface area contributed by atoms with E-state index in [2.05, 4.69) is 5.32 Å². The second-order valence-corrected chi connectivity index (χ2v) is 6.83. The Kier molecular flexibility index (Phi) is 4.11. The van der Waals surface area contributed by atoms with Gasteiger partial charge in [0.15, 0.2) is 0 Å². The van der Waals surface area contributed by atoms with Gasteiger partial charge in [-0.25, -0.2) is 0 Å². The fourth-order valence-electron chi connectivity index (χ4n) is 4.45. The third kappa shape index (κ3) is 2.81. The van der Waals surface area contributed by atoms with E-state index < -0.39 is 0 Å². The van der Waals surface area contributed by atoms with Crippen LogP contribution in [0.3, 0.4) is 0 Å². The maximum absolute atomic E-state index is 12.4. The number of hydrogen-bond donors (Lipinski definition) is 2. The quantitative estimate of drug-likeness (QED) is 0.770. The third-order valence-corrected chi connectivity index (χ3v) is 5.68. The second-order valence-electron chi connectivity index (χ2n) is 6.83. The molecule has 0 aliphatic heterocycles. The highest BCUT2D eigenvalue weighted by Crippen LogP contribution is 2.55. The summed E-state index contributed by atoms with van der Waals surface area (Å²) in [5, 5.41) is 12.8. The van der Waals surface area contributed by atoms with Crippen molar-refractivity contribution in [3.8, 4) is 0 Å². The van der Waals surface area contributed by atoms with Crippen LogP contribution in [0.4, 0.5) is 0 Å². The highest BCUT2D eigenvalue weighted by Gasteiger charge is 2.54. The van der Waals surface area contributed by atoms with Gasteiger partial charge in [0.1, 0.15) is 0 Å². The van der Waals surface area contributed by atoms with E-state index in [0.29, 0.717) is 23.7 Å². The van der Waals surface area contributed by atoms with E-state index in [1.54, 1.807) is 0 Å². The first-order valence-corrected chi connectivity index (χ1v) is 8.22. The zero-order valence-corrected chi connectivity index (χ0v) is 11.8. The van der Waals surface area contributed by atoms with Crippen LogP contribution < -0.4 is 5.32 Å². The number of carbonyl (C=O) groups is 1. The van der Waals surface area contributed by atoms with E-state index in [1.807, 2.05) is 0 Å². The lowest BCUT2D eigenvalue weighted by atomic mass is 9.95. The number of aliphatic hydroxyl groups excluding tert-OH is 1. The molecule has 0 radical (unpaired) electrons. The average Bonchev–Trinajstić information content (AvgIpc) is 3.18. The highest BCUT2D eigenvalue weighted by atomic mass is 16.3. The summed E-state index contributed by atoms with van der Waals surface area (Å²) >= 11 is 0. The molecule has 3 fully saturated rings. The number of amides is 1. The van der Waals surface area contributed by atoms with Gasteiger partial charge >= 0.3 is 0 Å². The van der Waals surface area contributed by atoms with Crippen LogP contribution >= 0.6 is 0 Å². The molecular formula is C16H27NO2.